The van der Waals surface area contributed by atoms with E-state index < -0.39 is 17.6 Å². The number of anilines is 1. The molecule has 0 bridgehead atoms. The highest BCUT2D eigenvalue weighted by Crippen LogP contribution is 2.31. The molecule has 0 unspecified atom stereocenters. The third kappa shape index (κ3) is 5.79. The normalized spacial score (nSPS) is 15.3. The number of benzene rings is 2. The van der Waals surface area contributed by atoms with Crippen LogP contribution in [0.2, 0.25) is 10.0 Å². The van der Waals surface area contributed by atoms with Gasteiger partial charge in [0, 0.05) is 29.1 Å². The van der Waals surface area contributed by atoms with E-state index in [1.165, 1.54) is 4.90 Å². The molecule has 2 heterocycles. The van der Waals surface area contributed by atoms with Crippen molar-refractivity contribution in [2.45, 2.75) is 31.9 Å². The van der Waals surface area contributed by atoms with Crippen LogP contribution in [-0.2, 0) is 11.2 Å². The van der Waals surface area contributed by atoms with Crippen LogP contribution in [0.3, 0.4) is 0 Å². The molecule has 2 amide bonds. The zero-order chi connectivity index (χ0) is 26.0. The first kappa shape index (κ1) is 25.5. The highest BCUT2D eigenvalue weighted by molar-refractivity contribution is 6.36. The molecular weight excluding hydrogens is 505 g/mol. The molecule has 3 N–H and O–H groups in total. The molecule has 1 aromatic heterocycles. The monoisotopic (exact) mass is 527 g/mol. The number of halogens is 2. The van der Waals surface area contributed by atoms with Crippen molar-refractivity contribution in [3.8, 4) is 17.6 Å². The Morgan fingerprint density at radius 1 is 1.31 bits per heavy atom. The Balaban J connectivity index is 1.47. The van der Waals surface area contributed by atoms with Gasteiger partial charge in [-0.05, 0) is 49.7 Å². The van der Waals surface area contributed by atoms with Crippen molar-refractivity contribution < 1.29 is 19.4 Å². The van der Waals surface area contributed by atoms with Crippen molar-refractivity contribution >= 4 is 40.7 Å². The van der Waals surface area contributed by atoms with Gasteiger partial charge < -0.3 is 20.1 Å². The number of aromatic nitrogens is 3. The lowest BCUT2D eigenvalue weighted by atomic mass is 10.1. The molecule has 1 aliphatic heterocycles. The topological polar surface area (TPSA) is 120 Å². The molecule has 2 aromatic carbocycles. The molecule has 9 nitrogen and oxygen atoms in total. The highest BCUT2D eigenvalue weighted by Gasteiger charge is 2.31. The minimum atomic E-state index is -1.15. The number of amides is 2. The van der Waals surface area contributed by atoms with Gasteiger partial charge in [0.25, 0.3) is 11.8 Å². The first-order chi connectivity index (χ1) is 17.0. The molecular formula is C25H23Cl2N5O4. The molecule has 3 aromatic rings. The Morgan fingerprint density at radius 2 is 2.03 bits per heavy atom. The van der Waals surface area contributed by atoms with Crippen LogP contribution in [0.15, 0.2) is 36.4 Å². The summed E-state index contributed by atoms with van der Waals surface area (Å²) in [5.74, 6) is 5.33. The average Bonchev–Trinajstić information content (AvgIpc) is 3.26. The number of nitrogens with zero attached hydrogens (tertiary/aromatic N) is 3. The molecule has 36 heavy (non-hydrogen) atoms. The van der Waals surface area contributed by atoms with Crippen LogP contribution in [-0.4, -0.2) is 57.4 Å². The van der Waals surface area contributed by atoms with Crippen LogP contribution in [0.25, 0.3) is 0 Å². The predicted molar refractivity (Wildman–Crippen MR) is 135 cm³/mol. The molecule has 4 rings (SSSR count). The summed E-state index contributed by atoms with van der Waals surface area (Å²) in [5, 5.41) is 20.1. The van der Waals surface area contributed by atoms with Crippen LogP contribution in [0.1, 0.15) is 41.4 Å². The number of fused-ring (bicyclic) bond motifs is 1. The van der Waals surface area contributed by atoms with Gasteiger partial charge in [0.15, 0.2) is 0 Å². The smallest absolute Gasteiger partial charge is 0.291 e. The van der Waals surface area contributed by atoms with Crippen molar-refractivity contribution in [1.29, 1.82) is 0 Å². The van der Waals surface area contributed by atoms with E-state index in [2.05, 4.69) is 32.3 Å². The minimum Gasteiger partial charge on any atom is -0.489 e. The number of likely N-dealkylation sites (N-methyl/N-ethyl adjacent to an activating group) is 1. The lowest BCUT2D eigenvalue weighted by Crippen LogP contribution is -2.49. The molecule has 0 saturated carbocycles. The zero-order valence-electron chi connectivity index (χ0n) is 19.7. The summed E-state index contributed by atoms with van der Waals surface area (Å²) in [5.41, 5.74) is 0.604. The summed E-state index contributed by atoms with van der Waals surface area (Å²) in [4.78, 5) is 31.5. The van der Waals surface area contributed by atoms with Crippen LogP contribution in [0.4, 0.5) is 5.69 Å². The van der Waals surface area contributed by atoms with Crippen LogP contribution in [0, 0.1) is 11.8 Å². The Labute approximate surface area is 217 Å². The standard InChI is InChI=1S/C25H23Cl2N5O4/c1-25(2,35)10-9-14-7-8-20-19(11-14)32(3)24(34)18(13-36-20)28-23(33)22-29-21(30-31-22)12-15-16(26)5-4-6-17(15)27/h4-8,11,18,35H,12-13H2,1-3H3,(H,28,33)(H,29,30,31)/t18-/m0/s1. The molecule has 1 aliphatic rings. The van der Waals surface area contributed by atoms with Gasteiger partial charge in [0.2, 0.25) is 5.82 Å². The number of H-pyrrole nitrogens is 1. The summed E-state index contributed by atoms with van der Waals surface area (Å²) in [6.45, 7) is 3.08. The van der Waals surface area contributed by atoms with Crippen molar-refractivity contribution in [1.82, 2.24) is 20.5 Å². The number of carbonyl (C=O) groups is 2. The Kier molecular flexibility index (Phi) is 7.22. The van der Waals surface area contributed by atoms with Gasteiger partial charge in [-0.2, -0.15) is 0 Å². The number of ether oxygens (including phenoxy) is 1. The van der Waals surface area contributed by atoms with Crippen LogP contribution < -0.4 is 15.0 Å². The lowest BCUT2D eigenvalue weighted by molar-refractivity contribution is -0.120. The average molecular weight is 528 g/mol. The van der Waals surface area contributed by atoms with E-state index in [0.29, 0.717) is 38.4 Å². The van der Waals surface area contributed by atoms with Gasteiger partial charge in [-0.3, -0.25) is 14.7 Å². The Bertz CT molecular complexity index is 1370. The number of nitrogens with one attached hydrogen (secondary N) is 2. The van der Waals surface area contributed by atoms with E-state index in [1.54, 1.807) is 57.3 Å². The van der Waals surface area contributed by atoms with E-state index >= 15 is 0 Å². The second kappa shape index (κ2) is 10.2. The third-order valence-electron chi connectivity index (χ3n) is 5.31. The molecule has 0 radical (unpaired) electrons. The molecule has 11 heteroatoms. The van der Waals surface area contributed by atoms with Gasteiger partial charge >= 0.3 is 0 Å². The first-order valence-corrected chi connectivity index (χ1v) is 11.7. The van der Waals surface area contributed by atoms with Crippen molar-refractivity contribution in [2.24, 2.45) is 0 Å². The van der Waals surface area contributed by atoms with Gasteiger partial charge in [-0.15, -0.1) is 5.10 Å². The zero-order valence-corrected chi connectivity index (χ0v) is 21.2. The highest BCUT2D eigenvalue weighted by atomic mass is 35.5. The number of carbonyl (C=O) groups excluding carboxylic acids is 2. The lowest BCUT2D eigenvalue weighted by Gasteiger charge is -2.20. The van der Waals surface area contributed by atoms with Crippen LogP contribution in [0.5, 0.6) is 5.75 Å². The van der Waals surface area contributed by atoms with E-state index in [0.717, 1.165) is 0 Å². The Hall–Kier alpha value is -3.58. The van der Waals surface area contributed by atoms with Gasteiger partial charge in [-0.1, -0.05) is 41.1 Å². The maximum atomic E-state index is 13.1. The number of hydrogen-bond acceptors (Lipinski definition) is 6. The number of aromatic amines is 1. The predicted octanol–water partition coefficient (Wildman–Crippen LogP) is 2.98. The number of hydrogen-bond donors (Lipinski definition) is 3. The molecule has 0 aliphatic carbocycles. The maximum absolute atomic E-state index is 13.1. The SMILES string of the molecule is CN1C(=O)[C@@H](NC(=O)c2n[nH]c(Cc3c(Cl)cccc3Cl)n2)COc2ccc(C#CC(C)(C)O)cc21. The summed E-state index contributed by atoms with van der Waals surface area (Å²) in [7, 11) is 1.58. The maximum Gasteiger partial charge on any atom is 0.291 e. The second-order valence-corrected chi connectivity index (χ2v) is 9.52. The quantitative estimate of drug-likeness (QED) is 0.448. The van der Waals surface area contributed by atoms with E-state index in [-0.39, 0.29) is 24.8 Å². The second-order valence-electron chi connectivity index (χ2n) is 8.71. The third-order valence-corrected chi connectivity index (χ3v) is 6.02. The molecule has 1 atom stereocenters. The molecule has 0 spiro atoms. The fourth-order valence-electron chi connectivity index (χ4n) is 3.47. The summed E-state index contributed by atoms with van der Waals surface area (Å²) >= 11 is 12.4. The van der Waals surface area contributed by atoms with Gasteiger partial charge in [-0.25, -0.2) is 4.98 Å². The van der Waals surface area contributed by atoms with Crippen molar-refractivity contribution in [3.05, 3.63) is 69.2 Å². The van der Waals surface area contributed by atoms with Gasteiger partial charge in [0.05, 0.1) is 5.69 Å². The summed E-state index contributed by atoms with van der Waals surface area (Å²) in [6, 6.07) is 9.30. The number of rotatable bonds is 4. The Morgan fingerprint density at radius 3 is 2.72 bits per heavy atom. The summed E-state index contributed by atoms with van der Waals surface area (Å²) < 4.78 is 5.80. The first-order valence-electron chi connectivity index (χ1n) is 11.0. The molecule has 0 saturated heterocycles. The molecule has 186 valence electrons. The largest absolute Gasteiger partial charge is 0.489 e. The molecule has 0 fully saturated rings. The summed E-state index contributed by atoms with van der Waals surface area (Å²) in [6.07, 6.45) is 0.251. The van der Waals surface area contributed by atoms with Crippen molar-refractivity contribution in [3.63, 3.8) is 0 Å². The van der Waals surface area contributed by atoms with E-state index in [1.807, 2.05) is 0 Å². The fourth-order valence-corrected chi connectivity index (χ4v) is 4.00. The fraction of sp³-hybridized carbons (Fsp3) is 0.280. The van der Waals surface area contributed by atoms with E-state index in [9.17, 15) is 14.7 Å². The van der Waals surface area contributed by atoms with E-state index in [4.69, 9.17) is 27.9 Å². The number of aliphatic hydroxyl groups is 1. The van der Waals surface area contributed by atoms with Crippen molar-refractivity contribution in [2.75, 3.05) is 18.6 Å². The minimum absolute atomic E-state index is 0.0802. The van der Waals surface area contributed by atoms with Crippen LogP contribution >= 0.6 is 23.2 Å². The van der Waals surface area contributed by atoms with Gasteiger partial charge in [0.1, 0.15) is 29.8 Å².